The summed E-state index contributed by atoms with van der Waals surface area (Å²) >= 11 is 11.5. The molecule has 0 unspecified atom stereocenters. The lowest BCUT2D eigenvalue weighted by Gasteiger charge is -2.08. The molecule has 0 saturated carbocycles. The van der Waals surface area contributed by atoms with Gasteiger partial charge in [-0.15, -0.1) is 0 Å². The standard InChI is InChI=1S/C15H10Cl2F3N3O/c16-10-3-7-12(8-4-10)22-23-13(17)14(24)21-11-5-1-9(2-6-11)15(18,19)20/h1-8,22H,(H,21,24)/b23-13-. The predicted octanol–water partition coefficient (Wildman–Crippen LogP) is 4.96. The number of carbonyl (C=O) groups excluding carboxylic acids is 1. The fourth-order valence-corrected chi connectivity index (χ4v) is 1.83. The molecular weight excluding hydrogens is 366 g/mol. The quantitative estimate of drug-likeness (QED) is 0.585. The first kappa shape index (κ1) is 18.1. The number of halogens is 5. The number of amides is 1. The van der Waals surface area contributed by atoms with E-state index in [0.29, 0.717) is 10.7 Å². The molecule has 0 heterocycles. The zero-order valence-corrected chi connectivity index (χ0v) is 13.4. The fraction of sp³-hybridized carbons (Fsp3) is 0.0667. The van der Waals surface area contributed by atoms with E-state index in [-0.39, 0.29) is 5.69 Å². The summed E-state index contributed by atoms with van der Waals surface area (Å²) in [5.74, 6) is -0.766. The summed E-state index contributed by atoms with van der Waals surface area (Å²) < 4.78 is 37.4. The van der Waals surface area contributed by atoms with Crippen LogP contribution in [-0.2, 0) is 11.0 Å². The van der Waals surface area contributed by atoms with Crippen LogP contribution < -0.4 is 10.7 Å². The van der Waals surface area contributed by atoms with E-state index in [1.54, 1.807) is 24.3 Å². The Kier molecular flexibility index (Phi) is 5.69. The molecule has 0 aliphatic rings. The molecule has 0 spiro atoms. The summed E-state index contributed by atoms with van der Waals surface area (Å²) in [5, 5.41) is 6.14. The van der Waals surface area contributed by atoms with E-state index in [4.69, 9.17) is 23.2 Å². The maximum Gasteiger partial charge on any atom is 0.416 e. The van der Waals surface area contributed by atoms with Gasteiger partial charge in [0.05, 0.1) is 11.3 Å². The molecule has 9 heteroatoms. The van der Waals surface area contributed by atoms with Crippen LogP contribution in [0.5, 0.6) is 0 Å². The molecule has 2 N–H and O–H groups in total. The highest BCUT2D eigenvalue weighted by Crippen LogP contribution is 2.29. The van der Waals surface area contributed by atoms with Crippen molar-refractivity contribution in [3.8, 4) is 0 Å². The van der Waals surface area contributed by atoms with E-state index in [9.17, 15) is 18.0 Å². The molecule has 2 aromatic rings. The molecule has 126 valence electrons. The highest BCUT2D eigenvalue weighted by Gasteiger charge is 2.30. The normalized spacial score (nSPS) is 12.0. The smallest absolute Gasteiger partial charge is 0.320 e. The van der Waals surface area contributed by atoms with Gasteiger partial charge in [0.25, 0.3) is 5.91 Å². The van der Waals surface area contributed by atoms with Gasteiger partial charge in [-0.25, -0.2) is 0 Å². The molecule has 4 nitrogen and oxygen atoms in total. The second-order valence-corrected chi connectivity index (χ2v) is 5.34. The number of nitrogens with one attached hydrogen (secondary N) is 2. The molecule has 0 atom stereocenters. The first-order valence-electron chi connectivity index (χ1n) is 6.49. The van der Waals surface area contributed by atoms with Gasteiger partial charge < -0.3 is 5.32 Å². The lowest BCUT2D eigenvalue weighted by molar-refractivity contribution is -0.137. The minimum absolute atomic E-state index is 0.160. The van der Waals surface area contributed by atoms with Crippen molar-refractivity contribution < 1.29 is 18.0 Å². The summed E-state index contributed by atoms with van der Waals surface area (Å²) in [7, 11) is 0. The number of benzene rings is 2. The first-order chi connectivity index (χ1) is 11.3. The van der Waals surface area contributed by atoms with Gasteiger partial charge in [-0.1, -0.05) is 23.2 Å². The third kappa shape index (κ3) is 5.14. The second kappa shape index (κ2) is 7.55. The van der Waals surface area contributed by atoms with Gasteiger partial charge in [0, 0.05) is 10.7 Å². The lowest BCUT2D eigenvalue weighted by atomic mass is 10.2. The van der Waals surface area contributed by atoms with Crippen LogP contribution in [0.2, 0.25) is 5.02 Å². The van der Waals surface area contributed by atoms with E-state index in [2.05, 4.69) is 15.8 Å². The van der Waals surface area contributed by atoms with Crippen LogP contribution in [0, 0.1) is 0 Å². The Labute approximate surface area is 145 Å². The average molecular weight is 376 g/mol. The summed E-state index contributed by atoms with van der Waals surface area (Å²) in [5.41, 5.74) is 2.46. The Hall–Kier alpha value is -2.25. The number of hydrazone groups is 1. The van der Waals surface area contributed by atoms with E-state index in [0.717, 1.165) is 24.3 Å². The van der Waals surface area contributed by atoms with Crippen molar-refractivity contribution in [2.75, 3.05) is 10.7 Å². The average Bonchev–Trinajstić information content (AvgIpc) is 2.53. The lowest BCUT2D eigenvalue weighted by Crippen LogP contribution is -2.19. The molecule has 0 radical (unpaired) electrons. The molecule has 2 aromatic carbocycles. The van der Waals surface area contributed by atoms with Gasteiger partial charge in [-0.2, -0.15) is 18.3 Å². The molecule has 0 aliphatic carbocycles. The zero-order chi connectivity index (χ0) is 17.7. The van der Waals surface area contributed by atoms with Gasteiger partial charge in [0.2, 0.25) is 5.17 Å². The Morgan fingerprint density at radius 3 is 2.04 bits per heavy atom. The number of alkyl halides is 3. The van der Waals surface area contributed by atoms with Crippen molar-refractivity contribution in [3.05, 3.63) is 59.1 Å². The summed E-state index contributed by atoms with van der Waals surface area (Å²) in [6.45, 7) is 0. The van der Waals surface area contributed by atoms with Crippen molar-refractivity contribution in [2.24, 2.45) is 5.10 Å². The Bertz CT molecular complexity index is 744. The summed E-state index contributed by atoms with van der Waals surface area (Å²) in [4.78, 5) is 11.8. The molecular formula is C15H10Cl2F3N3O. The molecule has 0 fully saturated rings. The fourth-order valence-electron chi connectivity index (χ4n) is 1.61. The highest BCUT2D eigenvalue weighted by atomic mass is 35.5. The Balaban J connectivity index is 1.98. The van der Waals surface area contributed by atoms with Crippen LogP contribution >= 0.6 is 23.2 Å². The third-order valence-corrected chi connectivity index (χ3v) is 3.29. The molecule has 0 bridgehead atoms. The number of carbonyl (C=O) groups is 1. The van der Waals surface area contributed by atoms with Gasteiger partial charge in [0.1, 0.15) is 0 Å². The van der Waals surface area contributed by atoms with Crippen LogP contribution in [0.15, 0.2) is 53.6 Å². The highest BCUT2D eigenvalue weighted by molar-refractivity contribution is 6.84. The van der Waals surface area contributed by atoms with Gasteiger partial charge in [-0.05, 0) is 48.5 Å². The van der Waals surface area contributed by atoms with Crippen molar-refractivity contribution in [1.29, 1.82) is 0 Å². The number of hydrogen-bond donors (Lipinski definition) is 2. The summed E-state index contributed by atoms with van der Waals surface area (Å²) in [6, 6.07) is 10.5. The van der Waals surface area contributed by atoms with Crippen molar-refractivity contribution in [2.45, 2.75) is 6.18 Å². The van der Waals surface area contributed by atoms with E-state index < -0.39 is 22.8 Å². The van der Waals surface area contributed by atoms with Crippen LogP contribution in [0.4, 0.5) is 24.5 Å². The van der Waals surface area contributed by atoms with Crippen LogP contribution in [0.25, 0.3) is 0 Å². The van der Waals surface area contributed by atoms with E-state index in [1.807, 2.05) is 0 Å². The minimum atomic E-state index is -4.44. The molecule has 2 rings (SSSR count). The Morgan fingerprint density at radius 1 is 0.958 bits per heavy atom. The maximum absolute atomic E-state index is 12.5. The number of hydrogen-bond acceptors (Lipinski definition) is 3. The summed E-state index contributed by atoms with van der Waals surface area (Å²) in [6.07, 6.45) is -4.44. The van der Waals surface area contributed by atoms with Crippen molar-refractivity contribution in [1.82, 2.24) is 0 Å². The largest absolute Gasteiger partial charge is 0.416 e. The van der Waals surface area contributed by atoms with Crippen LogP contribution in [0.1, 0.15) is 5.56 Å². The van der Waals surface area contributed by atoms with Gasteiger partial charge in [0.15, 0.2) is 0 Å². The zero-order valence-electron chi connectivity index (χ0n) is 11.9. The van der Waals surface area contributed by atoms with E-state index >= 15 is 0 Å². The van der Waals surface area contributed by atoms with Crippen LogP contribution in [0.3, 0.4) is 0 Å². The minimum Gasteiger partial charge on any atom is -0.320 e. The van der Waals surface area contributed by atoms with E-state index in [1.165, 1.54) is 0 Å². The number of nitrogens with zero attached hydrogens (tertiary/aromatic N) is 1. The van der Waals surface area contributed by atoms with Crippen LogP contribution in [-0.4, -0.2) is 11.1 Å². The molecule has 1 amide bonds. The number of anilines is 2. The van der Waals surface area contributed by atoms with Gasteiger partial charge in [-0.3, -0.25) is 10.2 Å². The topological polar surface area (TPSA) is 53.5 Å². The molecule has 0 aromatic heterocycles. The predicted molar refractivity (Wildman–Crippen MR) is 88.4 cm³/mol. The van der Waals surface area contributed by atoms with Crippen molar-refractivity contribution in [3.63, 3.8) is 0 Å². The second-order valence-electron chi connectivity index (χ2n) is 4.55. The first-order valence-corrected chi connectivity index (χ1v) is 7.24. The molecule has 0 aliphatic heterocycles. The molecule has 24 heavy (non-hydrogen) atoms. The number of rotatable bonds is 4. The SMILES string of the molecule is O=C(Nc1ccc(C(F)(F)F)cc1)/C(Cl)=N/Nc1ccc(Cl)cc1. The Morgan fingerprint density at radius 2 is 1.50 bits per heavy atom. The monoisotopic (exact) mass is 375 g/mol. The third-order valence-electron chi connectivity index (χ3n) is 2.78. The maximum atomic E-state index is 12.5. The molecule has 0 saturated heterocycles. The van der Waals surface area contributed by atoms with Crippen molar-refractivity contribution >= 4 is 45.7 Å². The van der Waals surface area contributed by atoms with Gasteiger partial charge >= 0.3 is 6.18 Å².